The van der Waals surface area contributed by atoms with Gasteiger partial charge in [-0.1, -0.05) is 43.4 Å². The zero-order valence-electron chi connectivity index (χ0n) is 15.0. The third-order valence-electron chi connectivity index (χ3n) is 4.19. The molecule has 3 heterocycles. The molecule has 3 aromatic heterocycles. The Labute approximate surface area is 153 Å². The summed E-state index contributed by atoms with van der Waals surface area (Å²) in [6, 6.07) is 6.04. The normalized spacial score (nSPS) is 12.4. The Hall–Kier alpha value is -2.46. The average molecular weight is 350 g/mol. The van der Waals surface area contributed by atoms with Crippen LogP contribution in [0.1, 0.15) is 31.0 Å². The molecule has 0 aliphatic rings. The van der Waals surface area contributed by atoms with Crippen molar-refractivity contribution in [1.29, 1.82) is 0 Å². The SMILES string of the molecule is C=C(/C=C\C(=C/C)CC)Cc1nc(-c2c(C)nc3ccccn23)cs1. The Bertz CT molecular complexity index is 957. The van der Waals surface area contributed by atoms with Gasteiger partial charge in [0.15, 0.2) is 0 Å². The van der Waals surface area contributed by atoms with Crippen LogP contribution in [0.3, 0.4) is 0 Å². The van der Waals surface area contributed by atoms with Gasteiger partial charge in [0.05, 0.1) is 16.4 Å². The Morgan fingerprint density at radius 2 is 2.12 bits per heavy atom. The highest BCUT2D eigenvalue weighted by molar-refractivity contribution is 7.10. The van der Waals surface area contributed by atoms with E-state index in [4.69, 9.17) is 4.98 Å². The maximum Gasteiger partial charge on any atom is 0.137 e. The van der Waals surface area contributed by atoms with Crippen molar-refractivity contribution in [3.8, 4) is 11.4 Å². The van der Waals surface area contributed by atoms with Crippen molar-refractivity contribution in [3.63, 3.8) is 0 Å². The van der Waals surface area contributed by atoms with Gasteiger partial charge in [0.1, 0.15) is 11.3 Å². The average Bonchev–Trinajstić information content (AvgIpc) is 3.18. The number of allylic oxidation sites excluding steroid dienone is 5. The van der Waals surface area contributed by atoms with E-state index in [2.05, 4.69) is 53.4 Å². The lowest BCUT2D eigenvalue weighted by Crippen LogP contribution is -1.91. The van der Waals surface area contributed by atoms with Crippen molar-refractivity contribution in [2.24, 2.45) is 0 Å². The highest BCUT2D eigenvalue weighted by Gasteiger charge is 2.13. The summed E-state index contributed by atoms with van der Waals surface area (Å²) in [4.78, 5) is 9.44. The molecule has 0 saturated carbocycles. The van der Waals surface area contributed by atoms with E-state index in [9.17, 15) is 0 Å². The second-order valence-electron chi connectivity index (χ2n) is 5.99. The Balaban J connectivity index is 1.81. The van der Waals surface area contributed by atoms with Crippen molar-refractivity contribution in [2.75, 3.05) is 0 Å². The van der Waals surface area contributed by atoms with E-state index in [0.29, 0.717) is 0 Å². The summed E-state index contributed by atoms with van der Waals surface area (Å²) < 4.78 is 2.10. The fourth-order valence-electron chi connectivity index (χ4n) is 2.82. The fourth-order valence-corrected chi connectivity index (χ4v) is 3.65. The molecule has 4 heteroatoms. The molecule has 25 heavy (non-hydrogen) atoms. The van der Waals surface area contributed by atoms with E-state index >= 15 is 0 Å². The van der Waals surface area contributed by atoms with Crippen molar-refractivity contribution < 1.29 is 0 Å². The first-order chi connectivity index (χ1) is 12.1. The van der Waals surface area contributed by atoms with Crippen LogP contribution < -0.4 is 0 Å². The number of aryl methyl sites for hydroxylation is 1. The second-order valence-corrected chi connectivity index (χ2v) is 6.93. The Kier molecular flexibility index (Phi) is 5.29. The molecule has 3 nitrogen and oxygen atoms in total. The van der Waals surface area contributed by atoms with E-state index in [1.165, 1.54) is 5.57 Å². The van der Waals surface area contributed by atoms with Gasteiger partial charge in [-0.25, -0.2) is 9.97 Å². The molecule has 0 aromatic carbocycles. The van der Waals surface area contributed by atoms with Gasteiger partial charge in [0.2, 0.25) is 0 Å². The summed E-state index contributed by atoms with van der Waals surface area (Å²) in [5.41, 5.74) is 6.40. The molecule has 128 valence electrons. The summed E-state index contributed by atoms with van der Waals surface area (Å²) >= 11 is 1.68. The lowest BCUT2D eigenvalue weighted by molar-refractivity contribution is 1.11. The minimum atomic E-state index is 0.775. The molecule has 0 aliphatic carbocycles. The van der Waals surface area contributed by atoms with Gasteiger partial charge in [0.25, 0.3) is 0 Å². The third kappa shape index (κ3) is 3.80. The molecule has 0 aliphatic heterocycles. The largest absolute Gasteiger partial charge is 0.298 e. The van der Waals surface area contributed by atoms with Gasteiger partial charge < -0.3 is 0 Å². The number of hydrogen-bond donors (Lipinski definition) is 0. The van der Waals surface area contributed by atoms with Gasteiger partial charge in [-0.2, -0.15) is 0 Å². The number of rotatable bonds is 6. The summed E-state index contributed by atoms with van der Waals surface area (Å²) in [7, 11) is 0. The Morgan fingerprint density at radius 1 is 1.28 bits per heavy atom. The molecule has 0 fully saturated rings. The van der Waals surface area contributed by atoms with Gasteiger partial charge in [-0.15, -0.1) is 11.3 Å². The van der Waals surface area contributed by atoms with Crippen LogP contribution in [0, 0.1) is 6.92 Å². The molecule has 3 aromatic rings. The number of nitrogens with zero attached hydrogens (tertiary/aromatic N) is 3. The molecule has 0 N–H and O–H groups in total. The maximum atomic E-state index is 4.82. The van der Waals surface area contributed by atoms with Gasteiger partial charge >= 0.3 is 0 Å². The molecular formula is C21H23N3S. The van der Waals surface area contributed by atoms with Crippen molar-refractivity contribution >= 4 is 17.0 Å². The van der Waals surface area contributed by atoms with Crippen molar-refractivity contribution in [1.82, 2.24) is 14.4 Å². The van der Waals surface area contributed by atoms with E-state index in [-0.39, 0.29) is 0 Å². The molecular weight excluding hydrogens is 326 g/mol. The van der Waals surface area contributed by atoms with Crippen LogP contribution in [0.5, 0.6) is 0 Å². The van der Waals surface area contributed by atoms with E-state index < -0.39 is 0 Å². The minimum Gasteiger partial charge on any atom is -0.298 e. The topological polar surface area (TPSA) is 30.2 Å². The second kappa shape index (κ2) is 7.62. The number of hydrogen-bond acceptors (Lipinski definition) is 3. The molecule has 0 unspecified atom stereocenters. The monoisotopic (exact) mass is 349 g/mol. The van der Waals surface area contributed by atoms with Crippen LogP contribution >= 0.6 is 11.3 Å². The molecule has 0 spiro atoms. The van der Waals surface area contributed by atoms with Crippen LogP contribution in [0.15, 0.2) is 65.7 Å². The summed E-state index contributed by atoms with van der Waals surface area (Å²) in [6.07, 6.45) is 10.2. The number of aromatic nitrogens is 3. The summed E-state index contributed by atoms with van der Waals surface area (Å²) in [6.45, 7) is 10.4. The first kappa shape index (κ1) is 17.4. The highest BCUT2D eigenvalue weighted by Crippen LogP contribution is 2.27. The van der Waals surface area contributed by atoms with Gasteiger partial charge in [-0.3, -0.25) is 4.40 Å². The van der Waals surface area contributed by atoms with Crippen LogP contribution in [-0.4, -0.2) is 14.4 Å². The van der Waals surface area contributed by atoms with Crippen LogP contribution in [-0.2, 0) is 6.42 Å². The van der Waals surface area contributed by atoms with Gasteiger partial charge in [0, 0.05) is 18.0 Å². The fraction of sp³-hybridized carbons (Fsp3) is 0.238. The number of imidazole rings is 1. The first-order valence-electron chi connectivity index (χ1n) is 8.52. The Morgan fingerprint density at radius 3 is 2.88 bits per heavy atom. The van der Waals surface area contributed by atoms with Crippen LogP contribution in [0.25, 0.3) is 17.0 Å². The quantitative estimate of drug-likeness (QED) is 0.528. The van der Waals surface area contributed by atoms with E-state index in [0.717, 1.165) is 46.2 Å². The van der Waals surface area contributed by atoms with Crippen LogP contribution in [0.2, 0.25) is 0 Å². The molecule has 0 bridgehead atoms. The molecule has 0 amide bonds. The summed E-state index contributed by atoms with van der Waals surface area (Å²) in [5.74, 6) is 0. The van der Waals surface area contributed by atoms with E-state index in [1.807, 2.05) is 31.3 Å². The lowest BCUT2D eigenvalue weighted by Gasteiger charge is -2.00. The van der Waals surface area contributed by atoms with Crippen molar-refractivity contribution in [2.45, 2.75) is 33.6 Å². The first-order valence-corrected chi connectivity index (χ1v) is 9.39. The molecule has 0 atom stereocenters. The highest BCUT2D eigenvalue weighted by atomic mass is 32.1. The smallest absolute Gasteiger partial charge is 0.137 e. The van der Waals surface area contributed by atoms with Crippen molar-refractivity contribution in [3.05, 3.63) is 76.4 Å². The standard InChI is InChI=1S/C21H23N3S/c1-5-17(6-2)11-10-15(3)13-20-23-18(14-25-20)21-16(4)22-19-9-7-8-12-24(19)21/h5,7-12,14H,3,6,13H2,1-2,4H3/b11-10-,17-5-. The number of pyridine rings is 1. The minimum absolute atomic E-state index is 0.775. The molecule has 0 radical (unpaired) electrons. The van der Waals surface area contributed by atoms with E-state index in [1.54, 1.807) is 11.3 Å². The summed E-state index contributed by atoms with van der Waals surface area (Å²) in [5, 5.41) is 3.19. The lowest BCUT2D eigenvalue weighted by atomic mass is 10.1. The molecule has 3 rings (SSSR count). The number of fused-ring (bicyclic) bond motifs is 1. The predicted octanol–water partition coefficient (Wildman–Crippen LogP) is 5.78. The third-order valence-corrected chi connectivity index (χ3v) is 5.04. The zero-order chi connectivity index (χ0) is 17.8. The molecule has 0 saturated heterocycles. The number of thiazole rings is 1. The maximum absolute atomic E-state index is 4.82. The van der Waals surface area contributed by atoms with Crippen LogP contribution in [0.4, 0.5) is 0 Å². The van der Waals surface area contributed by atoms with Gasteiger partial charge in [-0.05, 0) is 38.0 Å². The zero-order valence-corrected chi connectivity index (χ0v) is 15.8. The predicted molar refractivity (Wildman–Crippen MR) is 107 cm³/mol.